The van der Waals surface area contributed by atoms with Crippen molar-refractivity contribution in [1.82, 2.24) is 10.3 Å². The predicted molar refractivity (Wildman–Crippen MR) is 91.8 cm³/mol. The molecule has 0 saturated heterocycles. The average Bonchev–Trinajstić information content (AvgIpc) is 2.93. The zero-order valence-corrected chi connectivity index (χ0v) is 13.5. The van der Waals surface area contributed by atoms with Gasteiger partial charge in [0, 0.05) is 39.0 Å². The molecule has 0 unspecified atom stereocenters. The third-order valence-electron chi connectivity index (χ3n) is 3.47. The summed E-state index contributed by atoms with van der Waals surface area (Å²) in [6.45, 7) is 7.32. The predicted octanol–water partition coefficient (Wildman–Crippen LogP) is 4.77. The van der Waals surface area contributed by atoms with E-state index >= 15 is 0 Å². The van der Waals surface area contributed by atoms with Crippen LogP contribution in [0.25, 0.3) is 21.3 Å². The van der Waals surface area contributed by atoms with Crippen molar-refractivity contribution in [2.45, 2.75) is 33.4 Å². The number of hydrogen-bond acceptors (Lipinski definition) is 3. The molecule has 0 fully saturated rings. The van der Waals surface area contributed by atoms with Gasteiger partial charge in [-0.05, 0) is 25.1 Å². The fourth-order valence-electron chi connectivity index (χ4n) is 2.37. The second-order valence-corrected chi connectivity index (χ2v) is 6.80. The lowest BCUT2D eigenvalue weighted by Gasteiger charge is -2.06. The molecule has 0 bridgehead atoms. The minimum Gasteiger partial charge on any atom is -0.310 e. The van der Waals surface area contributed by atoms with Crippen LogP contribution in [-0.2, 0) is 6.54 Å². The Hall–Kier alpha value is -1.71. The van der Waals surface area contributed by atoms with Crippen molar-refractivity contribution in [2.24, 2.45) is 0 Å². The summed E-state index contributed by atoms with van der Waals surface area (Å²) in [5.41, 5.74) is 3.40. The fraction of sp³-hybridized carbons (Fsp3) is 0.278. The number of para-hydroxylation sites is 1. The van der Waals surface area contributed by atoms with Gasteiger partial charge in [-0.2, -0.15) is 0 Å². The average molecular weight is 296 g/mol. The van der Waals surface area contributed by atoms with Crippen LogP contribution in [0.2, 0.25) is 0 Å². The van der Waals surface area contributed by atoms with E-state index in [2.05, 4.69) is 61.6 Å². The molecule has 0 amide bonds. The van der Waals surface area contributed by atoms with E-state index in [-0.39, 0.29) is 0 Å². The van der Waals surface area contributed by atoms with Gasteiger partial charge in [0.1, 0.15) is 0 Å². The minimum atomic E-state index is 0.512. The van der Waals surface area contributed by atoms with Crippen LogP contribution >= 0.6 is 11.3 Å². The van der Waals surface area contributed by atoms with Crippen molar-refractivity contribution in [3.05, 3.63) is 53.0 Å². The highest BCUT2D eigenvalue weighted by Crippen LogP contribution is 2.32. The number of aryl methyl sites for hydroxylation is 1. The molecular weight excluding hydrogens is 276 g/mol. The zero-order chi connectivity index (χ0) is 14.8. The number of hydrogen-bond donors (Lipinski definition) is 1. The Morgan fingerprint density at radius 1 is 1.10 bits per heavy atom. The second kappa shape index (κ2) is 5.96. The highest BCUT2D eigenvalue weighted by Gasteiger charge is 2.08. The maximum absolute atomic E-state index is 4.73. The highest BCUT2D eigenvalue weighted by molar-refractivity contribution is 7.15. The van der Waals surface area contributed by atoms with Crippen LogP contribution in [0.5, 0.6) is 0 Å². The fourth-order valence-corrected chi connectivity index (χ4v) is 3.35. The monoisotopic (exact) mass is 296 g/mol. The van der Waals surface area contributed by atoms with Gasteiger partial charge in [0.05, 0.1) is 5.52 Å². The zero-order valence-electron chi connectivity index (χ0n) is 12.7. The largest absolute Gasteiger partial charge is 0.310 e. The van der Waals surface area contributed by atoms with Crippen molar-refractivity contribution in [3.63, 3.8) is 0 Å². The van der Waals surface area contributed by atoms with E-state index in [0.717, 1.165) is 17.8 Å². The van der Waals surface area contributed by atoms with E-state index in [4.69, 9.17) is 4.98 Å². The number of fused-ring (bicyclic) bond motifs is 1. The molecule has 21 heavy (non-hydrogen) atoms. The van der Waals surface area contributed by atoms with Crippen molar-refractivity contribution >= 4 is 22.2 Å². The first kappa shape index (κ1) is 14.2. The second-order valence-electron chi connectivity index (χ2n) is 5.63. The van der Waals surface area contributed by atoms with Gasteiger partial charge < -0.3 is 5.32 Å². The van der Waals surface area contributed by atoms with E-state index < -0.39 is 0 Å². The number of thiophene rings is 1. The summed E-state index contributed by atoms with van der Waals surface area (Å²) < 4.78 is 0. The number of nitrogens with zero attached hydrogens (tertiary/aromatic N) is 1. The highest BCUT2D eigenvalue weighted by atomic mass is 32.1. The molecule has 3 rings (SSSR count). The normalized spacial score (nSPS) is 11.4. The minimum absolute atomic E-state index is 0.512. The summed E-state index contributed by atoms with van der Waals surface area (Å²) in [7, 11) is 0. The van der Waals surface area contributed by atoms with Crippen LogP contribution in [0.3, 0.4) is 0 Å². The lowest BCUT2D eigenvalue weighted by molar-refractivity contribution is 0.593. The van der Waals surface area contributed by atoms with Gasteiger partial charge >= 0.3 is 0 Å². The number of pyridine rings is 1. The van der Waals surface area contributed by atoms with Gasteiger partial charge in [-0.1, -0.05) is 38.1 Å². The molecule has 2 aromatic heterocycles. The van der Waals surface area contributed by atoms with Crippen molar-refractivity contribution in [3.8, 4) is 10.4 Å². The Kier molecular flexibility index (Phi) is 4.04. The molecule has 0 aliphatic heterocycles. The molecule has 0 atom stereocenters. The molecule has 3 aromatic rings. The summed E-state index contributed by atoms with van der Waals surface area (Å²) in [4.78, 5) is 7.38. The van der Waals surface area contributed by atoms with Crippen molar-refractivity contribution in [1.29, 1.82) is 0 Å². The smallest absolute Gasteiger partial charge is 0.0791 e. The molecule has 0 radical (unpaired) electrons. The molecular formula is C18H20N2S. The van der Waals surface area contributed by atoms with Crippen LogP contribution < -0.4 is 5.32 Å². The van der Waals surface area contributed by atoms with Crippen LogP contribution in [-0.4, -0.2) is 11.0 Å². The van der Waals surface area contributed by atoms with Gasteiger partial charge in [0.15, 0.2) is 0 Å². The van der Waals surface area contributed by atoms with Gasteiger partial charge in [-0.25, -0.2) is 0 Å². The maximum atomic E-state index is 4.73. The Morgan fingerprint density at radius 2 is 1.95 bits per heavy atom. The molecule has 0 aliphatic carbocycles. The van der Waals surface area contributed by atoms with Crippen LogP contribution in [0.15, 0.2) is 42.5 Å². The van der Waals surface area contributed by atoms with Gasteiger partial charge in [0.25, 0.3) is 0 Å². The van der Waals surface area contributed by atoms with Crippen LogP contribution in [0, 0.1) is 6.92 Å². The lowest BCUT2D eigenvalue weighted by atomic mass is 10.1. The summed E-state index contributed by atoms with van der Waals surface area (Å²) >= 11 is 1.85. The molecule has 108 valence electrons. The Morgan fingerprint density at radius 3 is 2.76 bits per heavy atom. The summed E-state index contributed by atoms with van der Waals surface area (Å²) in [6, 6.07) is 15.6. The Labute approximate surface area is 129 Å². The number of nitrogens with one attached hydrogen (secondary N) is 1. The summed E-state index contributed by atoms with van der Waals surface area (Å²) in [5, 5.41) is 4.67. The van der Waals surface area contributed by atoms with E-state index in [9.17, 15) is 0 Å². The molecule has 2 heterocycles. The molecule has 0 saturated carbocycles. The van der Waals surface area contributed by atoms with E-state index in [1.54, 1.807) is 0 Å². The van der Waals surface area contributed by atoms with E-state index in [1.165, 1.54) is 20.7 Å². The van der Waals surface area contributed by atoms with E-state index in [0.29, 0.717) is 6.04 Å². The SMILES string of the molecule is Cc1ccc2cccc(-c3ccc(CNC(C)C)s3)c2n1. The number of benzene rings is 1. The third kappa shape index (κ3) is 3.14. The Bertz CT molecular complexity index is 759. The molecule has 0 spiro atoms. The summed E-state index contributed by atoms with van der Waals surface area (Å²) in [5.74, 6) is 0. The van der Waals surface area contributed by atoms with Crippen LogP contribution in [0.1, 0.15) is 24.4 Å². The first-order valence-electron chi connectivity index (χ1n) is 7.32. The molecule has 3 heteroatoms. The third-order valence-corrected chi connectivity index (χ3v) is 4.59. The first-order chi connectivity index (χ1) is 10.1. The van der Waals surface area contributed by atoms with Gasteiger partial charge in [-0.15, -0.1) is 11.3 Å². The lowest BCUT2D eigenvalue weighted by Crippen LogP contribution is -2.21. The Balaban J connectivity index is 1.98. The molecule has 2 nitrogen and oxygen atoms in total. The first-order valence-corrected chi connectivity index (χ1v) is 8.14. The van der Waals surface area contributed by atoms with Crippen molar-refractivity contribution < 1.29 is 0 Å². The topological polar surface area (TPSA) is 24.9 Å². The van der Waals surface area contributed by atoms with Crippen molar-refractivity contribution in [2.75, 3.05) is 0 Å². The van der Waals surface area contributed by atoms with Gasteiger partial charge in [0.2, 0.25) is 0 Å². The molecule has 1 aromatic carbocycles. The molecule has 1 N–H and O–H groups in total. The number of rotatable bonds is 4. The summed E-state index contributed by atoms with van der Waals surface area (Å²) in [6.07, 6.45) is 0. The van der Waals surface area contributed by atoms with E-state index in [1.807, 2.05) is 18.3 Å². The standard InChI is InChI=1S/C18H20N2S/c1-12(2)19-11-15-9-10-17(21-15)16-6-4-5-14-8-7-13(3)20-18(14)16/h4-10,12,19H,11H2,1-3H3. The van der Waals surface area contributed by atoms with Gasteiger partial charge in [-0.3, -0.25) is 4.98 Å². The molecule has 0 aliphatic rings. The maximum Gasteiger partial charge on any atom is 0.0791 e. The van der Waals surface area contributed by atoms with Crippen LogP contribution in [0.4, 0.5) is 0 Å². The number of aromatic nitrogens is 1. The quantitative estimate of drug-likeness (QED) is 0.750.